The normalized spacial score (nSPS) is 13.1. The third kappa shape index (κ3) is 5.76. The van der Waals surface area contributed by atoms with E-state index in [0.717, 1.165) is 32.9 Å². The van der Waals surface area contributed by atoms with Gasteiger partial charge in [-0.1, -0.05) is 119 Å². The minimum atomic E-state index is -1.99. The molecule has 0 amide bonds. The zero-order valence-corrected chi connectivity index (χ0v) is 31.8. The van der Waals surface area contributed by atoms with Gasteiger partial charge in [0.15, 0.2) is 11.5 Å². The second kappa shape index (κ2) is 12.9. The number of benzene rings is 3. The predicted octanol–water partition coefficient (Wildman–Crippen LogP) is 11.8. The second-order valence-electron chi connectivity index (χ2n) is 14.8. The van der Waals surface area contributed by atoms with Gasteiger partial charge in [-0.25, -0.2) is 9.97 Å². The Balaban J connectivity index is 1.72. The average molecular weight is 647 g/mol. The number of hydrogen-bond acceptors (Lipinski definition) is 4. The Hall–Kier alpha value is -3.59. The fraction of sp³-hybridized carbons (Fsp3) is 0.450. The van der Waals surface area contributed by atoms with Crippen LogP contribution in [0, 0.1) is 22.9 Å². The molecule has 0 bridgehead atoms. The maximum Gasteiger partial charge on any atom is 0.284 e. The van der Waals surface area contributed by atoms with Crippen LogP contribution in [0.15, 0.2) is 48.5 Å². The van der Waals surface area contributed by atoms with E-state index < -0.39 is 16.1 Å². The summed E-state index contributed by atoms with van der Waals surface area (Å²) in [4.78, 5) is 9.81. The third-order valence-corrected chi connectivity index (χ3v) is 23.1. The molecule has 0 atom stereocenters. The standard InChI is InChI=1S/C40H50N2O2Si2/c1-25(2)45(26(3)4,27(5)6)21-19-31-17-18-32(20-22-46(28(7)8,29(9)10)30(11)12)38-37(31)43-39-40(44-38)42-36-24-34-16-14-13-15-33(34)23-35(36)41-39/h13-18,23-30H,1-12H3. The Kier molecular flexibility index (Phi) is 9.47. The summed E-state index contributed by atoms with van der Waals surface area (Å²) in [7, 11) is -3.98. The lowest BCUT2D eigenvalue weighted by molar-refractivity contribution is 0.337. The molecule has 0 saturated heterocycles. The highest BCUT2D eigenvalue weighted by Crippen LogP contribution is 2.48. The van der Waals surface area contributed by atoms with E-state index in [4.69, 9.17) is 19.4 Å². The molecule has 1 aliphatic heterocycles. The molecule has 2 heterocycles. The van der Waals surface area contributed by atoms with E-state index in [0.29, 0.717) is 56.5 Å². The maximum atomic E-state index is 6.65. The Bertz CT molecular complexity index is 1720. The zero-order valence-electron chi connectivity index (χ0n) is 29.8. The number of aromatic nitrogens is 2. The van der Waals surface area contributed by atoms with E-state index in [-0.39, 0.29) is 0 Å². The molecule has 240 valence electrons. The number of fused-ring (bicyclic) bond motifs is 4. The third-order valence-electron chi connectivity index (χ3n) is 10.5. The first kappa shape index (κ1) is 33.8. The Morgan fingerprint density at radius 3 is 1.13 bits per heavy atom. The summed E-state index contributed by atoms with van der Waals surface area (Å²) in [5.41, 5.74) is 14.0. The molecule has 6 heteroatoms. The van der Waals surface area contributed by atoms with E-state index in [9.17, 15) is 0 Å². The maximum absolute atomic E-state index is 6.65. The summed E-state index contributed by atoms with van der Waals surface area (Å²) < 4.78 is 13.3. The lowest BCUT2D eigenvalue weighted by atomic mass is 10.1. The van der Waals surface area contributed by atoms with Crippen molar-refractivity contribution < 1.29 is 9.47 Å². The van der Waals surface area contributed by atoms with E-state index in [2.05, 4.69) is 142 Å². The van der Waals surface area contributed by atoms with Crippen molar-refractivity contribution >= 4 is 38.0 Å². The summed E-state index contributed by atoms with van der Waals surface area (Å²) in [5.74, 6) is 9.14. The number of ether oxygens (including phenoxy) is 2. The van der Waals surface area contributed by atoms with Crippen molar-refractivity contribution in [3.63, 3.8) is 0 Å². The molecule has 0 unspecified atom stereocenters. The first-order valence-corrected chi connectivity index (χ1v) is 21.5. The quantitative estimate of drug-likeness (QED) is 0.105. The molecule has 0 radical (unpaired) electrons. The van der Waals surface area contributed by atoms with E-state index >= 15 is 0 Å². The van der Waals surface area contributed by atoms with Crippen LogP contribution < -0.4 is 9.47 Å². The Labute approximate surface area is 278 Å². The van der Waals surface area contributed by atoms with Crippen molar-refractivity contribution in [1.29, 1.82) is 0 Å². The largest absolute Gasteiger partial charge is 0.429 e. The minimum absolute atomic E-state index is 0.360. The Morgan fingerprint density at radius 1 is 0.500 bits per heavy atom. The van der Waals surface area contributed by atoms with Gasteiger partial charge in [-0.3, -0.25) is 0 Å². The van der Waals surface area contributed by atoms with Crippen molar-refractivity contribution in [2.45, 2.75) is 116 Å². The van der Waals surface area contributed by atoms with Crippen LogP contribution in [-0.2, 0) is 0 Å². The lowest BCUT2D eigenvalue weighted by Gasteiger charge is -2.38. The number of hydrogen-bond donors (Lipinski definition) is 0. The Morgan fingerprint density at radius 2 is 0.826 bits per heavy atom. The van der Waals surface area contributed by atoms with Crippen LogP contribution in [0.2, 0.25) is 33.2 Å². The molecule has 0 N–H and O–H groups in total. The molecule has 5 rings (SSSR count). The summed E-state index contributed by atoms with van der Waals surface area (Å²) in [6.07, 6.45) is 0. The van der Waals surface area contributed by atoms with Crippen molar-refractivity contribution in [3.05, 3.63) is 59.7 Å². The lowest BCUT2D eigenvalue weighted by Crippen LogP contribution is -2.43. The van der Waals surface area contributed by atoms with Crippen molar-refractivity contribution in [1.82, 2.24) is 9.97 Å². The molecule has 1 aromatic heterocycles. The average Bonchev–Trinajstić information content (AvgIpc) is 2.98. The highest BCUT2D eigenvalue weighted by Gasteiger charge is 2.43. The molecule has 0 spiro atoms. The highest BCUT2D eigenvalue weighted by molar-refractivity contribution is 6.91. The smallest absolute Gasteiger partial charge is 0.284 e. The summed E-state index contributed by atoms with van der Waals surface area (Å²) in [6, 6.07) is 16.5. The molecule has 1 aliphatic rings. The van der Waals surface area contributed by atoms with Gasteiger partial charge in [0, 0.05) is 0 Å². The zero-order chi connectivity index (χ0) is 33.6. The van der Waals surface area contributed by atoms with Crippen LogP contribution in [0.1, 0.15) is 94.2 Å². The predicted molar refractivity (Wildman–Crippen MR) is 199 cm³/mol. The molecule has 0 fully saturated rings. The highest BCUT2D eigenvalue weighted by atomic mass is 28.3. The van der Waals surface area contributed by atoms with Gasteiger partial charge >= 0.3 is 0 Å². The van der Waals surface area contributed by atoms with Gasteiger partial charge in [-0.15, -0.1) is 11.1 Å². The van der Waals surface area contributed by atoms with Gasteiger partial charge in [0.25, 0.3) is 11.8 Å². The summed E-state index contributed by atoms with van der Waals surface area (Å²) in [5, 5.41) is 2.21. The first-order valence-electron chi connectivity index (χ1n) is 17.0. The molecular weight excluding hydrogens is 597 g/mol. The monoisotopic (exact) mass is 646 g/mol. The fourth-order valence-electron chi connectivity index (χ4n) is 8.22. The number of nitrogens with zero attached hydrogens (tertiary/aromatic N) is 2. The van der Waals surface area contributed by atoms with Crippen molar-refractivity contribution in [2.24, 2.45) is 0 Å². The van der Waals surface area contributed by atoms with Gasteiger partial charge in [-0.2, -0.15) is 0 Å². The molecule has 46 heavy (non-hydrogen) atoms. The summed E-state index contributed by atoms with van der Waals surface area (Å²) >= 11 is 0. The van der Waals surface area contributed by atoms with E-state index in [1.165, 1.54) is 0 Å². The van der Waals surface area contributed by atoms with Crippen molar-refractivity contribution in [2.75, 3.05) is 0 Å². The van der Waals surface area contributed by atoms with Gasteiger partial charge in [-0.05, 0) is 68.3 Å². The molecule has 4 nitrogen and oxygen atoms in total. The molecule has 0 aliphatic carbocycles. The molecular formula is C40H50N2O2Si2. The van der Waals surface area contributed by atoms with Crippen LogP contribution in [0.5, 0.6) is 23.3 Å². The van der Waals surface area contributed by atoms with Crippen LogP contribution in [0.3, 0.4) is 0 Å². The van der Waals surface area contributed by atoms with Crippen LogP contribution in [-0.4, -0.2) is 26.1 Å². The molecule has 3 aromatic carbocycles. The fourth-order valence-corrected chi connectivity index (χ4v) is 18.6. The molecule has 4 aromatic rings. The van der Waals surface area contributed by atoms with Gasteiger partial charge < -0.3 is 9.47 Å². The van der Waals surface area contributed by atoms with Crippen LogP contribution >= 0.6 is 0 Å². The van der Waals surface area contributed by atoms with Crippen molar-refractivity contribution in [3.8, 4) is 46.2 Å². The topological polar surface area (TPSA) is 44.2 Å². The molecule has 0 saturated carbocycles. The van der Waals surface area contributed by atoms with E-state index in [1.54, 1.807) is 0 Å². The van der Waals surface area contributed by atoms with Gasteiger partial charge in [0.2, 0.25) is 0 Å². The van der Waals surface area contributed by atoms with Crippen LogP contribution in [0.25, 0.3) is 21.8 Å². The second-order valence-corrected chi connectivity index (χ2v) is 26.0. The summed E-state index contributed by atoms with van der Waals surface area (Å²) in [6.45, 7) is 28.0. The van der Waals surface area contributed by atoms with Crippen LogP contribution in [0.4, 0.5) is 0 Å². The van der Waals surface area contributed by atoms with E-state index in [1.807, 2.05) is 12.1 Å². The SMILES string of the molecule is CC(C)[Si](C#Cc1ccc(C#C[Si](C(C)C)(C(C)C)C(C)C)c2c1Oc1nc3cc4ccccc4cc3nc1O2)(C(C)C)C(C)C. The minimum Gasteiger partial charge on any atom is -0.429 e. The number of rotatable bonds is 6. The first-order chi connectivity index (χ1) is 21.7. The van der Waals surface area contributed by atoms with Gasteiger partial charge in [0.05, 0.1) is 22.2 Å². The van der Waals surface area contributed by atoms with Gasteiger partial charge in [0.1, 0.15) is 16.1 Å².